The number of rotatable bonds is 11. The van der Waals surface area contributed by atoms with E-state index in [1.54, 1.807) is 44.0 Å². The molecule has 2 saturated heterocycles. The van der Waals surface area contributed by atoms with E-state index in [-0.39, 0.29) is 37.0 Å². The molecule has 0 radical (unpaired) electrons. The maximum atomic E-state index is 14.5. The normalized spacial score (nSPS) is 25.2. The number of benzene rings is 1. The maximum absolute atomic E-state index is 14.5. The monoisotopic (exact) mass is 875 g/mol. The van der Waals surface area contributed by atoms with E-state index < -0.39 is 71.2 Å². The summed E-state index contributed by atoms with van der Waals surface area (Å²) in [4.78, 5) is 104. The van der Waals surface area contributed by atoms with Gasteiger partial charge in [-0.15, -0.1) is 0 Å². The summed E-state index contributed by atoms with van der Waals surface area (Å²) in [6, 6.07) is -0.960. The van der Waals surface area contributed by atoms with Crippen molar-refractivity contribution in [2.45, 2.75) is 154 Å². The van der Waals surface area contributed by atoms with Crippen LogP contribution in [-0.2, 0) is 40.0 Å². The summed E-state index contributed by atoms with van der Waals surface area (Å²) in [5, 5.41) is 9.39. The highest BCUT2D eigenvalue weighted by Gasteiger charge is 2.47. The molecule has 2 heterocycles. The topological polar surface area (TPSA) is 169 Å². The van der Waals surface area contributed by atoms with Crippen LogP contribution in [0.3, 0.4) is 0 Å². The number of likely N-dealkylation sites (N-methyl/N-ethyl adjacent to an activating group) is 3. The van der Waals surface area contributed by atoms with Crippen LogP contribution in [0.5, 0.6) is 0 Å². The number of hydrogen-bond donors (Lipinski definition) is 3. The van der Waals surface area contributed by atoms with Gasteiger partial charge in [-0.2, -0.15) is 0 Å². The number of carbonyl (C=O) groups excluding carboxylic acids is 7. The Morgan fingerprint density at radius 1 is 0.883 bits per heavy atom. The molecule has 3 aliphatic rings. The van der Waals surface area contributed by atoms with Crippen molar-refractivity contribution in [1.82, 2.24) is 35.6 Å². The van der Waals surface area contributed by atoms with Crippen LogP contribution < -0.4 is 16.0 Å². The van der Waals surface area contributed by atoms with E-state index >= 15 is 0 Å². The van der Waals surface area contributed by atoms with Gasteiger partial charge in [-0.1, -0.05) is 63.7 Å². The predicted molar refractivity (Wildman–Crippen MR) is 232 cm³/mol. The van der Waals surface area contributed by atoms with Crippen LogP contribution in [0.2, 0.25) is 10.0 Å². The van der Waals surface area contributed by atoms with E-state index in [0.29, 0.717) is 60.8 Å². The smallest absolute Gasteiger partial charge is 0.245 e. The number of amides is 7. The van der Waals surface area contributed by atoms with Gasteiger partial charge in [0.1, 0.15) is 36.3 Å². The van der Waals surface area contributed by atoms with Gasteiger partial charge in [0, 0.05) is 56.1 Å². The Morgan fingerprint density at radius 2 is 1.55 bits per heavy atom. The molecule has 16 heteroatoms. The van der Waals surface area contributed by atoms with E-state index in [9.17, 15) is 33.6 Å². The molecule has 7 amide bonds. The summed E-state index contributed by atoms with van der Waals surface area (Å²) < 4.78 is 0. The van der Waals surface area contributed by atoms with Crippen molar-refractivity contribution in [2.75, 3.05) is 34.2 Å². The first-order valence-corrected chi connectivity index (χ1v) is 22.6. The fraction of sp³-hybridized carbons (Fsp3) is 0.705. The molecule has 0 bridgehead atoms. The molecular weight excluding hydrogens is 809 g/mol. The number of nitrogens with one attached hydrogen (secondary N) is 3. The van der Waals surface area contributed by atoms with Gasteiger partial charge in [0.2, 0.25) is 41.4 Å². The molecule has 60 heavy (non-hydrogen) atoms. The van der Waals surface area contributed by atoms with Gasteiger partial charge in [-0.3, -0.25) is 33.6 Å². The van der Waals surface area contributed by atoms with Crippen molar-refractivity contribution in [3.8, 4) is 0 Å². The minimum atomic E-state index is -1.14. The van der Waals surface area contributed by atoms with Crippen molar-refractivity contribution in [1.29, 1.82) is 0 Å². The highest BCUT2D eigenvalue weighted by atomic mass is 35.5. The molecule has 0 spiro atoms. The molecule has 1 aliphatic carbocycles. The molecule has 1 aromatic rings. The van der Waals surface area contributed by atoms with Gasteiger partial charge in [-0.05, 0) is 101 Å². The lowest BCUT2D eigenvalue weighted by molar-refractivity contribution is -0.148. The minimum absolute atomic E-state index is 0.0212. The van der Waals surface area contributed by atoms with E-state index in [1.807, 2.05) is 20.8 Å². The van der Waals surface area contributed by atoms with E-state index in [0.717, 1.165) is 32.1 Å². The SMILES string of the molecule is CC[C@H]1NC(=O)[C@H](Cc2cc(Cl)ccc2Cl)N(C)C(=O)[C@H](CC(C)C)NC(=O)[C@@H](N(C)C(=O)[C@H](C)NC(=O)[C@@H]2CCCN2C(=O)C2(CC)CCCC2)CCCCN(C)C1=O. The highest BCUT2D eigenvalue weighted by molar-refractivity contribution is 6.33. The van der Waals surface area contributed by atoms with Crippen LogP contribution in [-0.4, -0.2) is 131 Å². The fourth-order valence-electron chi connectivity index (χ4n) is 9.03. The third kappa shape index (κ3) is 11.7. The standard InChI is InChI=1S/C44H67Cl2N7O7/c1-9-32-41(58)50(6)22-14-11-16-34(51(7)40(57)28(5)47-38(55)35-17-15-23-53(35)43(60)44(10-2)20-12-13-21-44)37(54)49-33(24-27(3)4)42(59)52(8)36(39(56)48-32)26-29-25-30(45)18-19-31(29)46/h18-19,25,27-28,32-36H,9-17,20-24,26H2,1-8H3,(H,47,55)(H,48,56)(H,49,54)/t28-,32+,33-,34-,35-,36-/m0/s1. The summed E-state index contributed by atoms with van der Waals surface area (Å²) >= 11 is 12.8. The average molecular weight is 877 g/mol. The van der Waals surface area contributed by atoms with Crippen LogP contribution >= 0.6 is 23.2 Å². The Balaban J connectivity index is 1.61. The average Bonchev–Trinajstić information content (AvgIpc) is 3.92. The molecule has 1 saturated carbocycles. The zero-order valence-electron chi connectivity index (χ0n) is 36.8. The summed E-state index contributed by atoms with van der Waals surface area (Å²) in [7, 11) is 4.63. The zero-order valence-corrected chi connectivity index (χ0v) is 38.3. The lowest BCUT2D eigenvalue weighted by Gasteiger charge is -2.36. The Kier molecular flexibility index (Phi) is 17.7. The van der Waals surface area contributed by atoms with Crippen LogP contribution in [0.15, 0.2) is 18.2 Å². The van der Waals surface area contributed by atoms with Crippen LogP contribution in [0.4, 0.5) is 0 Å². The van der Waals surface area contributed by atoms with Gasteiger partial charge in [0.05, 0.1) is 0 Å². The number of nitrogens with zero attached hydrogens (tertiary/aromatic N) is 4. The van der Waals surface area contributed by atoms with Gasteiger partial charge < -0.3 is 35.6 Å². The van der Waals surface area contributed by atoms with Crippen LogP contribution in [0.1, 0.15) is 117 Å². The molecule has 2 aliphatic heterocycles. The summed E-state index contributed by atoms with van der Waals surface area (Å²) in [6.45, 7) is 10.0. The van der Waals surface area contributed by atoms with E-state index in [1.165, 1.54) is 28.8 Å². The largest absolute Gasteiger partial charge is 0.344 e. The number of carbonyl (C=O) groups is 7. The quantitative estimate of drug-likeness (QED) is 0.289. The lowest BCUT2D eigenvalue weighted by atomic mass is 9.81. The first kappa shape index (κ1) is 48.8. The molecule has 334 valence electrons. The van der Waals surface area contributed by atoms with Gasteiger partial charge in [-0.25, -0.2) is 0 Å². The minimum Gasteiger partial charge on any atom is -0.344 e. The zero-order chi connectivity index (χ0) is 44.5. The molecule has 14 nitrogen and oxygen atoms in total. The molecule has 6 atom stereocenters. The summed E-state index contributed by atoms with van der Waals surface area (Å²) in [5.74, 6) is -2.90. The van der Waals surface area contributed by atoms with Gasteiger partial charge in [0.15, 0.2) is 0 Å². The fourth-order valence-corrected chi connectivity index (χ4v) is 9.42. The van der Waals surface area contributed by atoms with Gasteiger partial charge in [0.25, 0.3) is 0 Å². The first-order chi connectivity index (χ1) is 28.3. The third-order valence-corrected chi connectivity index (χ3v) is 13.4. The third-order valence-electron chi connectivity index (χ3n) is 12.8. The Bertz CT molecular complexity index is 1740. The Morgan fingerprint density at radius 3 is 2.18 bits per heavy atom. The Labute approximate surface area is 366 Å². The number of likely N-dealkylation sites (tertiary alicyclic amines) is 1. The molecule has 3 N–H and O–H groups in total. The maximum Gasteiger partial charge on any atom is 0.245 e. The second-order valence-electron chi connectivity index (χ2n) is 17.5. The van der Waals surface area contributed by atoms with Crippen molar-refractivity contribution in [3.63, 3.8) is 0 Å². The highest BCUT2D eigenvalue weighted by Crippen LogP contribution is 2.43. The first-order valence-electron chi connectivity index (χ1n) is 21.8. The van der Waals surface area contributed by atoms with Crippen LogP contribution in [0.25, 0.3) is 0 Å². The predicted octanol–water partition coefficient (Wildman–Crippen LogP) is 4.72. The molecule has 1 aromatic carbocycles. The molecule has 3 fully saturated rings. The summed E-state index contributed by atoms with van der Waals surface area (Å²) in [6.07, 6.45) is 7.19. The van der Waals surface area contributed by atoms with Gasteiger partial charge >= 0.3 is 0 Å². The molecule has 4 rings (SSSR count). The molecule has 0 aromatic heterocycles. The Hall–Kier alpha value is -3.91. The van der Waals surface area contributed by atoms with E-state index in [4.69, 9.17) is 23.2 Å². The summed E-state index contributed by atoms with van der Waals surface area (Å²) in [5.41, 5.74) is 0.0783. The van der Waals surface area contributed by atoms with Crippen molar-refractivity contribution in [3.05, 3.63) is 33.8 Å². The number of halogens is 2. The lowest BCUT2D eigenvalue weighted by Crippen LogP contribution is -2.60. The van der Waals surface area contributed by atoms with Crippen molar-refractivity contribution in [2.24, 2.45) is 11.3 Å². The molecular formula is C44H67Cl2N7O7. The second-order valence-corrected chi connectivity index (χ2v) is 18.4. The molecule has 0 unspecified atom stereocenters. The van der Waals surface area contributed by atoms with E-state index in [2.05, 4.69) is 16.0 Å². The van der Waals surface area contributed by atoms with Crippen molar-refractivity contribution >= 4 is 64.6 Å². The van der Waals surface area contributed by atoms with Crippen molar-refractivity contribution < 1.29 is 33.6 Å². The number of hydrogen-bond acceptors (Lipinski definition) is 7. The van der Waals surface area contributed by atoms with Crippen LogP contribution in [0, 0.1) is 11.3 Å². The second kappa shape index (κ2) is 21.7.